The van der Waals surface area contributed by atoms with Crippen molar-refractivity contribution in [3.63, 3.8) is 0 Å². The monoisotopic (exact) mass is 283 g/mol. The van der Waals surface area contributed by atoms with Crippen molar-refractivity contribution in [1.82, 2.24) is 0 Å². The number of hydrogen-bond acceptors (Lipinski definition) is 4. The van der Waals surface area contributed by atoms with Gasteiger partial charge >= 0.3 is 0 Å². The van der Waals surface area contributed by atoms with E-state index >= 15 is 0 Å². The molecule has 1 heterocycles. The molecule has 1 aliphatic heterocycles. The molecule has 0 aliphatic carbocycles. The van der Waals surface area contributed by atoms with Crippen molar-refractivity contribution in [3.05, 3.63) is 24.3 Å². The molecule has 0 spiro atoms. The van der Waals surface area contributed by atoms with Crippen LogP contribution in [0, 0.1) is 11.8 Å². The smallest absolute Gasteiger partial charge is 0.240 e. The summed E-state index contributed by atoms with van der Waals surface area (Å²) in [5.74, 6) is 0.963. The lowest BCUT2D eigenvalue weighted by atomic mass is 9.87. The normalized spacial score (nSPS) is 24.5. The van der Waals surface area contributed by atoms with E-state index in [1.807, 2.05) is 12.1 Å². The minimum atomic E-state index is -3.69. The molecule has 2 rings (SSSR count). The predicted molar refractivity (Wildman–Crippen MR) is 76.4 cm³/mol. The van der Waals surface area contributed by atoms with Crippen molar-refractivity contribution in [2.45, 2.75) is 18.2 Å². The van der Waals surface area contributed by atoms with Crippen molar-refractivity contribution >= 4 is 15.7 Å². The number of benzene rings is 1. The molecular weight excluding hydrogens is 262 g/mol. The Morgan fingerprint density at radius 2 is 2.05 bits per heavy atom. The van der Waals surface area contributed by atoms with Gasteiger partial charge in [-0.05, 0) is 36.9 Å². The minimum absolute atomic E-state index is 0.195. The zero-order chi connectivity index (χ0) is 14.0. The predicted octanol–water partition coefficient (Wildman–Crippen LogP) is 0.755. The van der Waals surface area contributed by atoms with Gasteiger partial charge in [-0.1, -0.05) is 19.1 Å². The molecule has 0 saturated carbocycles. The Labute approximate surface area is 114 Å². The molecule has 6 heteroatoms. The van der Waals surface area contributed by atoms with Gasteiger partial charge in [0.1, 0.15) is 4.90 Å². The molecule has 2 unspecified atom stereocenters. The number of nitrogens with two attached hydrogens (primary N) is 2. The zero-order valence-corrected chi connectivity index (χ0v) is 11.9. The average Bonchev–Trinajstić information content (AvgIpc) is 2.38. The number of anilines is 1. The Morgan fingerprint density at radius 3 is 2.68 bits per heavy atom. The van der Waals surface area contributed by atoms with Crippen LogP contribution in [0.3, 0.4) is 0 Å². The summed E-state index contributed by atoms with van der Waals surface area (Å²) >= 11 is 0. The summed E-state index contributed by atoms with van der Waals surface area (Å²) in [5, 5.41) is 5.28. The Morgan fingerprint density at radius 1 is 1.37 bits per heavy atom. The SMILES string of the molecule is CC1CCN(c2ccccc2S(N)(=O)=O)CC1CN. The fraction of sp³-hybridized carbons (Fsp3) is 0.538. The molecule has 5 nitrogen and oxygen atoms in total. The molecule has 106 valence electrons. The van der Waals surface area contributed by atoms with Gasteiger partial charge in [-0.2, -0.15) is 0 Å². The van der Waals surface area contributed by atoms with Crippen molar-refractivity contribution < 1.29 is 8.42 Å². The molecule has 19 heavy (non-hydrogen) atoms. The van der Waals surface area contributed by atoms with E-state index in [0.717, 1.165) is 19.5 Å². The number of sulfonamides is 1. The lowest BCUT2D eigenvalue weighted by Crippen LogP contribution is -2.43. The van der Waals surface area contributed by atoms with E-state index in [2.05, 4.69) is 11.8 Å². The van der Waals surface area contributed by atoms with Gasteiger partial charge in [0.25, 0.3) is 0 Å². The highest BCUT2D eigenvalue weighted by atomic mass is 32.2. The van der Waals surface area contributed by atoms with Crippen LogP contribution in [-0.2, 0) is 10.0 Å². The Hall–Kier alpha value is -1.11. The maximum atomic E-state index is 11.6. The molecule has 0 radical (unpaired) electrons. The molecule has 2 atom stereocenters. The number of rotatable bonds is 3. The highest BCUT2D eigenvalue weighted by Gasteiger charge is 2.27. The number of para-hydroxylation sites is 1. The first kappa shape index (κ1) is 14.3. The number of hydrogen-bond donors (Lipinski definition) is 2. The molecule has 1 aromatic rings. The average molecular weight is 283 g/mol. The van der Waals surface area contributed by atoms with Crippen LogP contribution in [0.15, 0.2) is 29.2 Å². The largest absolute Gasteiger partial charge is 0.370 e. The van der Waals surface area contributed by atoms with Gasteiger partial charge in [-0.15, -0.1) is 0 Å². The number of primary sulfonamides is 1. The molecule has 1 aromatic carbocycles. The van der Waals surface area contributed by atoms with Gasteiger partial charge < -0.3 is 10.6 Å². The quantitative estimate of drug-likeness (QED) is 0.857. The van der Waals surface area contributed by atoms with Crippen molar-refractivity contribution in [2.75, 3.05) is 24.5 Å². The molecule has 0 amide bonds. The second-order valence-corrected chi connectivity index (χ2v) is 6.75. The summed E-state index contributed by atoms with van der Waals surface area (Å²) in [5.41, 5.74) is 6.48. The van der Waals surface area contributed by atoms with Crippen molar-refractivity contribution in [3.8, 4) is 0 Å². The summed E-state index contributed by atoms with van der Waals surface area (Å²) in [7, 11) is -3.69. The highest BCUT2D eigenvalue weighted by molar-refractivity contribution is 7.89. The molecule has 1 aliphatic rings. The van der Waals surface area contributed by atoms with Crippen molar-refractivity contribution in [2.24, 2.45) is 22.7 Å². The Balaban J connectivity index is 2.33. The van der Waals surface area contributed by atoms with Crippen LogP contribution in [0.4, 0.5) is 5.69 Å². The summed E-state index contributed by atoms with van der Waals surface area (Å²) in [6.45, 7) is 4.43. The summed E-state index contributed by atoms with van der Waals surface area (Å²) < 4.78 is 23.3. The van der Waals surface area contributed by atoms with Gasteiger partial charge in [-0.25, -0.2) is 13.6 Å². The van der Waals surface area contributed by atoms with Gasteiger partial charge in [0.2, 0.25) is 10.0 Å². The van der Waals surface area contributed by atoms with Gasteiger partial charge in [0.15, 0.2) is 0 Å². The van der Waals surface area contributed by atoms with E-state index in [-0.39, 0.29) is 4.90 Å². The second kappa shape index (κ2) is 5.48. The maximum absolute atomic E-state index is 11.6. The topological polar surface area (TPSA) is 89.4 Å². The van der Waals surface area contributed by atoms with Gasteiger partial charge in [0.05, 0.1) is 5.69 Å². The molecule has 1 saturated heterocycles. The van der Waals surface area contributed by atoms with Crippen LogP contribution in [0.25, 0.3) is 0 Å². The summed E-state index contributed by atoms with van der Waals surface area (Å²) in [4.78, 5) is 2.28. The highest BCUT2D eigenvalue weighted by Crippen LogP contribution is 2.30. The Bertz CT molecular complexity index is 545. The van der Waals surface area contributed by atoms with Crippen LogP contribution in [0.2, 0.25) is 0 Å². The van der Waals surface area contributed by atoms with Crippen LogP contribution in [-0.4, -0.2) is 28.1 Å². The zero-order valence-electron chi connectivity index (χ0n) is 11.1. The fourth-order valence-electron chi connectivity index (χ4n) is 2.63. The van der Waals surface area contributed by atoms with E-state index in [4.69, 9.17) is 10.9 Å². The first-order valence-electron chi connectivity index (χ1n) is 6.50. The summed E-state index contributed by atoms with van der Waals surface area (Å²) in [6, 6.07) is 6.89. The number of nitrogens with zero attached hydrogens (tertiary/aromatic N) is 1. The standard InChI is InChI=1S/C13H21N3O2S/c1-10-6-7-16(9-11(10)8-14)12-4-2-3-5-13(12)19(15,17)18/h2-5,10-11H,6-9,14H2,1H3,(H2,15,17,18). The molecule has 0 bridgehead atoms. The van der Waals surface area contributed by atoms with E-state index in [1.165, 1.54) is 0 Å². The maximum Gasteiger partial charge on any atom is 0.240 e. The van der Waals surface area contributed by atoms with Crippen LogP contribution in [0.5, 0.6) is 0 Å². The summed E-state index contributed by atoms with van der Waals surface area (Å²) in [6.07, 6.45) is 1.01. The van der Waals surface area contributed by atoms with E-state index < -0.39 is 10.0 Å². The molecular formula is C13H21N3O2S. The lowest BCUT2D eigenvalue weighted by Gasteiger charge is -2.38. The third kappa shape index (κ3) is 3.08. The Kier molecular flexibility index (Phi) is 4.13. The van der Waals surface area contributed by atoms with Crippen LogP contribution < -0.4 is 15.8 Å². The van der Waals surface area contributed by atoms with Crippen molar-refractivity contribution in [1.29, 1.82) is 0 Å². The molecule has 0 aromatic heterocycles. The first-order chi connectivity index (χ1) is 8.93. The van der Waals surface area contributed by atoms with E-state index in [9.17, 15) is 8.42 Å². The molecule has 1 fully saturated rings. The second-order valence-electron chi connectivity index (χ2n) is 5.22. The lowest BCUT2D eigenvalue weighted by molar-refractivity contribution is 0.307. The fourth-order valence-corrected chi connectivity index (χ4v) is 3.39. The third-order valence-electron chi connectivity index (χ3n) is 3.93. The van der Waals surface area contributed by atoms with Gasteiger partial charge in [-0.3, -0.25) is 0 Å². The van der Waals surface area contributed by atoms with Crippen LogP contribution >= 0.6 is 0 Å². The minimum Gasteiger partial charge on any atom is -0.370 e. The third-order valence-corrected chi connectivity index (χ3v) is 4.89. The molecule has 4 N–H and O–H groups in total. The first-order valence-corrected chi connectivity index (χ1v) is 8.05. The van der Waals surface area contributed by atoms with Gasteiger partial charge in [0, 0.05) is 13.1 Å². The number of piperidine rings is 1. The van der Waals surface area contributed by atoms with E-state index in [0.29, 0.717) is 24.1 Å². The van der Waals surface area contributed by atoms with E-state index in [1.54, 1.807) is 12.1 Å². The van der Waals surface area contributed by atoms with Crippen LogP contribution in [0.1, 0.15) is 13.3 Å².